The Morgan fingerprint density at radius 3 is 2.72 bits per heavy atom. The highest BCUT2D eigenvalue weighted by Gasteiger charge is 2.13. The zero-order valence-corrected chi connectivity index (χ0v) is 9.63. The van der Waals surface area contributed by atoms with E-state index in [1.54, 1.807) is 6.92 Å². The van der Waals surface area contributed by atoms with Crippen molar-refractivity contribution in [1.29, 1.82) is 0 Å². The lowest BCUT2D eigenvalue weighted by Gasteiger charge is -2.05. The van der Waals surface area contributed by atoms with Crippen molar-refractivity contribution in [2.75, 3.05) is 12.3 Å². The number of esters is 1. The smallest absolute Gasteiger partial charge is 0.330 e. The lowest BCUT2D eigenvalue weighted by molar-refractivity contribution is -0.143. The summed E-state index contributed by atoms with van der Waals surface area (Å²) in [4.78, 5) is 46.7. The van der Waals surface area contributed by atoms with Gasteiger partial charge < -0.3 is 10.5 Å². The van der Waals surface area contributed by atoms with E-state index in [1.165, 1.54) is 0 Å². The number of ether oxygens (including phenoxy) is 1. The lowest BCUT2D eigenvalue weighted by Crippen LogP contribution is -2.36. The van der Waals surface area contributed by atoms with E-state index in [0.29, 0.717) is 4.57 Å². The Labute approximate surface area is 101 Å². The molecule has 0 fully saturated rings. The van der Waals surface area contributed by atoms with Crippen LogP contribution in [0.5, 0.6) is 0 Å². The van der Waals surface area contributed by atoms with Crippen molar-refractivity contribution >= 4 is 17.5 Å². The highest BCUT2D eigenvalue weighted by Crippen LogP contribution is 2.09. The van der Waals surface area contributed by atoms with Gasteiger partial charge in [0.2, 0.25) is 5.69 Å². The van der Waals surface area contributed by atoms with Gasteiger partial charge in [0.25, 0.3) is 5.56 Å². The zero-order chi connectivity index (χ0) is 13.7. The number of aromatic nitrogens is 2. The molecule has 0 bridgehead atoms. The number of aromatic amines is 1. The zero-order valence-electron chi connectivity index (χ0n) is 9.63. The minimum absolute atomic E-state index is 0.168. The van der Waals surface area contributed by atoms with E-state index in [2.05, 4.69) is 14.9 Å². The first-order valence-corrected chi connectivity index (χ1v) is 5.12. The maximum atomic E-state index is 11.6. The molecular weight excluding hydrogens is 244 g/mol. The fourth-order valence-corrected chi connectivity index (χ4v) is 1.30. The Balaban J connectivity index is 3.03. The Morgan fingerprint density at radius 2 is 2.17 bits per heavy atom. The molecule has 1 rings (SSSR count). The molecule has 18 heavy (non-hydrogen) atoms. The Bertz CT molecular complexity index is 573. The van der Waals surface area contributed by atoms with Crippen LogP contribution in [0.3, 0.4) is 0 Å². The average Bonchev–Trinajstić information content (AvgIpc) is 2.29. The van der Waals surface area contributed by atoms with Crippen molar-refractivity contribution < 1.29 is 9.53 Å². The summed E-state index contributed by atoms with van der Waals surface area (Å²) in [6.07, 6.45) is -0.168. The number of carbonyl (C=O) groups excluding carboxylic acids is 1. The van der Waals surface area contributed by atoms with Crippen molar-refractivity contribution in [2.45, 2.75) is 19.9 Å². The molecule has 0 saturated carbocycles. The fraction of sp³-hybridized carbons (Fsp3) is 0.444. The summed E-state index contributed by atoms with van der Waals surface area (Å²) in [5.74, 6) is -0.950. The molecule has 1 aromatic rings. The molecule has 0 aliphatic carbocycles. The minimum atomic E-state index is -0.935. The number of anilines is 1. The van der Waals surface area contributed by atoms with Crippen molar-refractivity contribution in [3.63, 3.8) is 0 Å². The van der Waals surface area contributed by atoms with Gasteiger partial charge in [-0.15, -0.1) is 4.91 Å². The van der Waals surface area contributed by atoms with Crippen LogP contribution in [0.4, 0.5) is 11.5 Å². The van der Waals surface area contributed by atoms with Gasteiger partial charge in [0, 0.05) is 6.54 Å². The molecule has 0 saturated heterocycles. The van der Waals surface area contributed by atoms with Crippen LogP contribution in [0.15, 0.2) is 14.8 Å². The second kappa shape index (κ2) is 5.75. The first kappa shape index (κ1) is 13.6. The number of nitrogens with zero attached hydrogens (tertiary/aromatic N) is 2. The average molecular weight is 256 g/mol. The molecule has 0 atom stereocenters. The molecule has 0 aliphatic rings. The van der Waals surface area contributed by atoms with Crippen LogP contribution in [-0.2, 0) is 16.1 Å². The minimum Gasteiger partial charge on any atom is -0.466 e. The molecule has 0 aromatic carbocycles. The van der Waals surface area contributed by atoms with Gasteiger partial charge in [-0.1, -0.05) is 0 Å². The molecule has 0 aliphatic heterocycles. The van der Waals surface area contributed by atoms with E-state index in [1.807, 2.05) is 0 Å². The van der Waals surface area contributed by atoms with Crippen molar-refractivity contribution in [1.82, 2.24) is 9.55 Å². The van der Waals surface area contributed by atoms with Gasteiger partial charge in [0.1, 0.15) is 5.82 Å². The maximum absolute atomic E-state index is 11.6. The molecule has 9 nitrogen and oxygen atoms in total. The Morgan fingerprint density at radius 1 is 1.50 bits per heavy atom. The largest absolute Gasteiger partial charge is 0.466 e. The van der Waals surface area contributed by atoms with E-state index in [-0.39, 0.29) is 19.6 Å². The number of rotatable bonds is 5. The van der Waals surface area contributed by atoms with Gasteiger partial charge in [-0.05, 0) is 12.1 Å². The quantitative estimate of drug-likeness (QED) is 0.536. The third-order valence-electron chi connectivity index (χ3n) is 2.13. The molecule has 1 aromatic heterocycles. The summed E-state index contributed by atoms with van der Waals surface area (Å²) < 4.78 is 5.32. The van der Waals surface area contributed by atoms with Gasteiger partial charge in [0.15, 0.2) is 0 Å². The number of H-pyrrole nitrogens is 1. The van der Waals surface area contributed by atoms with Gasteiger partial charge in [-0.3, -0.25) is 19.1 Å². The SMILES string of the molecule is CCOC(=O)CCn1c(=O)[nH]c(N)c(N=O)c1=O. The molecular formula is C9H12N4O5. The third-order valence-corrected chi connectivity index (χ3v) is 2.13. The van der Waals surface area contributed by atoms with Crippen molar-refractivity contribution in [2.24, 2.45) is 5.18 Å². The highest BCUT2D eigenvalue weighted by molar-refractivity contribution is 5.69. The third kappa shape index (κ3) is 2.81. The molecule has 0 amide bonds. The van der Waals surface area contributed by atoms with Crippen LogP contribution >= 0.6 is 0 Å². The highest BCUT2D eigenvalue weighted by atomic mass is 16.5. The predicted octanol–water partition coefficient (Wildman–Crippen LogP) is -0.530. The van der Waals surface area contributed by atoms with Crippen LogP contribution in [0.25, 0.3) is 0 Å². The van der Waals surface area contributed by atoms with Gasteiger partial charge >= 0.3 is 11.7 Å². The summed E-state index contributed by atoms with van der Waals surface area (Å²) in [5, 5.41) is 2.44. The van der Waals surface area contributed by atoms with E-state index < -0.39 is 28.7 Å². The number of nitroso groups, excluding NO2 is 1. The second-order valence-corrected chi connectivity index (χ2v) is 3.30. The second-order valence-electron chi connectivity index (χ2n) is 3.30. The number of hydrogen-bond donors (Lipinski definition) is 2. The van der Waals surface area contributed by atoms with Crippen molar-refractivity contribution in [3.8, 4) is 0 Å². The summed E-state index contributed by atoms with van der Waals surface area (Å²) >= 11 is 0. The molecule has 1 heterocycles. The van der Waals surface area contributed by atoms with Crippen LogP contribution in [0.1, 0.15) is 13.3 Å². The number of carbonyl (C=O) groups is 1. The number of nitrogens with one attached hydrogen (secondary N) is 1. The molecule has 98 valence electrons. The summed E-state index contributed by atoms with van der Waals surface area (Å²) in [6.45, 7) is 1.62. The van der Waals surface area contributed by atoms with E-state index >= 15 is 0 Å². The van der Waals surface area contributed by atoms with Gasteiger partial charge in [0.05, 0.1) is 13.0 Å². The first-order valence-electron chi connectivity index (χ1n) is 5.12. The monoisotopic (exact) mass is 256 g/mol. The maximum Gasteiger partial charge on any atom is 0.330 e. The Hall–Kier alpha value is -2.45. The first-order chi connectivity index (χ1) is 8.51. The lowest BCUT2D eigenvalue weighted by atomic mass is 10.4. The summed E-state index contributed by atoms with van der Waals surface area (Å²) in [5.41, 5.74) is 2.92. The number of hydrogen-bond acceptors (Lipinski definition) is 7. The summed E-state index contributed by atoms with van der Waals surface area (Å²) in [7, 11) is 0. The van der Waals surface area contributed by atoms with Crippen LogP contribution in [0, 0.1) is 4.91 Å². The standard InChI is InChI=1S/C9H12N4O5/c1-2-18-5(14)3-4-13-8(15)6(12-17)7(10)11-9(13)16/h2-4,10H2,1H3,(H,11,16). The van der Waals surface area contributed by atoms with Crippen LogP contribution in [-0.4, -0.2) is 22.1 Å². The molecule has 3 N–H and O–H groups in total. The molecule has 0 unspecified atom stereocenters. The van der Waals surface area contributed by atoms with E-state index in [0.717, 1.165) is 0 Å². The topological polar surface area (TPSA) is 137 Å². The van der Waals surface area contributed by atoms with Gasteiger partial charge in [-0.2, -0.15) is 0 Å². The van der Waals surface area contributed by atoms with Crippen molar-refractivity contribution in [3.05, 3.63) is 25.7 Å². The normalized spacial score (nSPS) is 10.1. The predicted molar refractivity (Wildman–Crippen MR) is 62.4 cm³/mol. The molecule has 0 spiro atoms. The van der Waals surface area contributed by atoms with Crippen LogP contribution < -0.4 is 17.0 Å². The molecule has 9 heteroatoms. The van der Waals surface area contributed by atoms with Gasteiger partial charge in [-0.25, -0.2) is 4.79 Å². The summed E-state index contributed by atoms with van der Waals surface area (Å²) in [6, 6.07) is 0. The van der Waals surface area contributed by atoms with E-state index in [4.69, 9.17) is 5.73 Å². The molecule has 0 radical (unpaired) electrons. The Kier molecular flexibility index (Phi) is 4.35. The van der Waals surface area contributed by atoms with E-state index in [9.17, 15) is 19.3 Å². The van der Waals surface area contributed by atoms with Crippen LogP contribution in [0.2, 0.25) is 0 Å². The fourth-order valence-electron chi connectivity index (χ4n) is 1.30. The number of nitrogen functional groups attached to an aromatic ring is 1. The number of nitrogens with two attached hydrogens (primary N) is 1.